The average molecular weight is 248 g/mol. The number of alkyl carbamates (subject to hydrolysis) is 1. The maximum Gasteiger partial charge on any atom is 0.407 e. The molecule has 0 unspecified atom stereocenters. The molecule has 1 rings (SSSR count). The fourth-order valence-electron chi connectivity index (χ4n) is 0.920. The van der Waals surface area contributed by atoms with E-state index in [-0.39, 0.29) is 0 Å². The molecule has 1 aromatic heterocycles. The molecular formula is C10H14ClNO2S. The standard InChI is InChI=1S/C10H14ClNO2S/c1-10(2,3)14-9(13)12-6-7-4-5-8(11)15-7/h4-5H,6H2,1-3H3,(H,12,13). The molecule has 0 atom stereocenters. The van der Waals surface area contributed by atoms with Gasteiger partial charge in [-0.3, -0.25) is 0 Å². The van der Waals surface area contributed by atoms with Gasteiger partial charge < -0.3 is 10.1 Å². The SMILES string of the molecule is CC(C)(C)OC(=O)NCc1ccc(Cl)s1. The number of ether oxygens (including phenoxy) is 1. The Kier molecular flexibility index (Phi) is 3.99. The maximum atomic E-state index is 11.3. The van der Waals surface area contributed by atoms with Crippen LogP contribution in [0.15, 0.2) is 12.1 Å². The fraction of sp³-hybridized carbons (Fsp3) is 0.500. The monoisotopic (exact) mass is 247 g/mol. The lowest BCUT2D eigenvalue weighted by Gasteiger charge is -2.19. The van der Waals surface area contributed by atoms with Gasteiger partial charge in [-0.25, -0.2) is 4.79 Å². The minimum atomic E-state index is -0.461. The van der Waals surface area contributed by atoms with Crippen molar-refractivity contribution >= 4 is 29.0 Å². The number of nitrogens with one attached hydrogen (secondary N) is 1. The number of thiophene rings is 1. The molecule has 0 bridgehead atoms. The van der Waals surface area contributed by atoms with Gasteiger partial charge in [0.25, 0.3) is 0 Å². The van der Waals surface area contributed by atoms with Gasteiger partial charge in [0.1, 0.15) is 5.60 Å². The van der Waals surface area contributed by atoms with Crippen LogP contribution in [0, 0.1) is 0 Å². The molecule has 1 heterocycles. The molecule has 0 fully saturated rings. The Balaban J connectivity index is 2.35. The minimum Gasteiger partial charge on any atom is -0.444 e. The molecule has 15 heavy (non-hydrogen) atoms. The van der Waals surface area contributed by atoms with Crippen molar-refractivity contribution in [3.8, 4) is 0 Å². The Morgan fingerprint density at radius 3 is 2.67 bits per heavy atom. The fourth-order valence-corrected chi connectivity index (χ4v) is 1.95. The lowest BCUT2D eigenvalue weighted by atomic mass is 10.2. The normalized spacial score (nSPS) is 11.2. The van der Waals surface area contributed by atoms with Gasteiger partial charge in [-0.1, -0.05) is 11.6 Å². The van der Waals surface area contributed by atoms with E-state index in [0.29, 0.717) is 6.54 Å². The van der Waals surface area contributed by atoms with Crippen LogP contribution in [0.1, 0.15) is 25.6 Å². The summed E-state index contributed by atoms with van der Waals surface area (Å²) in [5.41, 5.74) is -0.461. The molecule has 0 spiro atoms. The van der Waals surface area contributed by atoms with Gasteiger partial charge in [-0.05, 0) is 32.9 Å². The zero-order chi connectivity index (χ0) is 11.5. The van der Waals surface area contributed by atoms with Crippen LogP contribution in [-0.4, -0.2) is 11.7 Å². The van der Waals surface area contributed by atoms with Crippen LogP contribution in [-0.2, 0) is 11.3 Å². The topological polar surface area (TPSA) is 38.3 Å². The number of halogens is 1. The summed E-state index contributed by atoms with van der Waals surface area (Å²) in [6.45, 7) is 5.93. The van der Waals surface area contributed by atoms with E-state index in [9.17, 15) is 4.79 Å². The number of amides is 1. The van der Waals surface area contributed by atoms with E-state index in [1.807, 2.05) is 26.8 Å². The molecule has 5 heteroatoms. The van der Waals surface area contributed by atoms with Crippen LogP contribution >= 0.6 is 22.9 Å². The van der Waals surface area contributed by atoms with Gasteiger partial charge in [0.2, 0.25) is 0 Å². The summed E-state index contributed by atoms with van der Waals surface area (Å²) in [6, 6.07) is 3.68. The number of rotatable bonds is 2. The van der Waals surface area contributed by atoms with Gasteiger partial charge in [0.05, 0.1) is 10.9 Å². The Hall–Kier alpha value is -0.740. The predicted octanol–water partition coefficient (Wildman–Crippen LogP) is 3.43. The zero-order valence-electron chi connectivity index (χ0n) is 8.96. The molecule has 0 aliphatic rings. The second kappa shape index (κ2) is 4.86. The third-order valence-electron chi connectivity index (χ3n) is 1.43. The largest absolute Gasteiger partial charge is 0.444 e. The van der Waals surface area contributed by atoms with Crippen LogP contribution in [0.25, 0.3) is 0 Å². The second-order valence-corrected chi connectivity index (χ2v) is 5.86. The second-order valence-electron chi connectivity index (χ2n) is 4.06. The molecule has 0 aromatic carbocycles. The highest BCUT2D eigenvalue weighted by Gasteiger charge is 2.15. The highest BCUT2D eigenvalue weighted by molar-refractivity contribution is 7.16. The predicted molar refractivity (Wildman–Crippen MR) is 62.4 cm³/mol. The lowest BCUT2D eigenvalue weighted by Crippen LogP contribution is -2.31. The van der Waals surface area contributed by atoms with Gasteiger partial charge in [-0.15, -0.1) is 11.3 Å². The summed E-state index contributed by atoms with van der Waals surface area (Å²) in [6.07, 6.45) is -0.410. The summed E-state index contributed by atoms with van der Waals surface area (Å²) >= 11 is 7.20. The highest BCUT2D eigenvalue weighted by Crippen LogP contribution is 2.21. The van der Waals surface area contributed by atoms with Gasteiger partial charge in [0.15, 0.2) is 0 Å². The highest BCUT2D eigenvalue weighted by atomic mass is 35.5. The molecule has 1 amide bonds. The van der Waals surface area contributed by atoms with E-state index in [0.717, 1.165) is 9.21 Å². The van der Waals surface area contributed by atoms with Crippen LogP contribution in [0.4, 0.5) is 4.79 Å². The van der Waals surface area contributed by atoms with E-state index in [2.05, 4.69) is 5.32 Å². The van der Waals surface area contributed by atoms with Crippen molar-refractivity contribution in [2.45, 2.75) is 32.9 Å². The lowest BCUT2D eigenvalue weighted by molar-refractivity contribution is 0.0524. The van der Waals surface area contributed by atoms with E-state index in [4.69, 9.17) is 16.3 Å². The van der Waals surface area contributed by atoms with Crippen LogP contribution in [0.2, 0.25) is 4.34 Å². The Labute approximate surface area is 98.4 Å². The number of carbonyl (C=O) groups is 1. The Bertz CT molecular complexity index is 343. The number of carbonyl (C=O) groups excluding carboxylic acids is 1. The molecular weight excluding hydrogens is 234 g/mol. The van der Waals surface area contributed by atoms with E-state index in [1.165, 1.54) is 11.3 Å². The van der Waals surface area contributed by atoms with Crippen LogP contribution in [0.3, 0.4) is 0 Å². The van der Waals surface area contributed by atoms with E-state index < -0.39 is 11.7 Å². The van der Waals surface area contributed by atoms with Crippen LogP contribution in [0.5, 0.6) is 0 Å². The Morgan fingerprint density at radius 1 is 1.53 bits per heavy atom. The smallest absolute Gasteiger partial charge is 0.407 e. The molecule has 0 aliphatic heterocycles. The van der Waals surface area contributed by atoms with Crippen molar-refractivity contribution in [2.75, 3.05) is 0 Å². The van der Waals surface area contributed by atoms with Crippen molar-refractivity contribution in [1.82, 2.24) is 5.32 Å². The molecule has 3 nitrogen and oxygen atoms in total. The van der Waals surface area contributed by atoms with Crippen molar-refractivity contribution in [3.05, 3.63) is 21.3 Å². The summed E-state index contributed by atoms with van der Waals surface area (Å²) in [4.78, 5) is 12.3. The summed E-state index contributed by atoms with van der Waals surface area (Å²) in [5.74, 6) is 0. The first-order valence-corrected chi connectivity index (χ1v) is 5.77. The third-order valence-corrected chi connectivity index (χ3v) is 2.67. The molecule has 84 valence electrons. The maximum absolute atomic E-state index is 11.3. The van der Waals surface area contributed by atoms with Crippen molar-refractivity contribution < 1.29 is 9.53 Å². The average Bonchev–Trinajstić information content (AvgIpc) is 2.45. The molecule has 0 saturated carbocycles. The molecule has 0 saturated heterocycles. The molecule has 0 radical (unpaired) electrons. The van der Waals surface area contributed by atoms with Gasteiger partial charge in [-0.2, -0.15) is 0 Å². The first-order chi connectivity index (χ1) is 6.87. The number of hydrogen-bond acceptors (Lipinski definition) is 3. The Morgan fingerprint density at radius 2 is 2.20 bits per heavy atom. The van der Waals surface area contributed by atoms with Crippen molar-refractivity contribution in [3.63, 3.8) is 0 Å². The first kappa shape index (κ1) is 12.3. The molecule has 1 N–H and O–H groups in total. The zero-order valence-corrected chi connectivity index (χ0v) is 10.5. The quantitative estimate of drug-likeness (QED) is 0.870. The van der Waals surface area contributed by atoms with Crippen molar-refractivity contribution in [2.24, 2.45) is 0 Å². The van der Waals surface area contributed by atoms with Crippen molar-refractivity contribution in [1.29, 1.82) is 0 Å². The van der Waals surface area contributed by atoms with Gasteiger partial charge in [0, 0.05) is 4.88 Å². The van der Waals surface area contributed by atoms with Crippen LogP contribution < -0.4 is 5.32 Å². The molecule has 0 aliphatic carbocycles. The summed E-state index contributed by atoms with van der Waals surface area (Å²) < 4.78 is 5.81. The molecule has 1 aromatic rings. The summed E-state index contributed by atoms with van der Waals surface area (Å²) in [5, 5.41) is 2.66. The van der Waals surface area contributed by atoms with E-state index >= 15 is 0 Å². The van der Waals surface area contributed by atoms with E-state index in [1.54, 1.807) is 6.07 Å². The van der Waals surface area contributed by atoms with Gasteiger partial charge >= 0.3 is 6.09 Å². The first-order valence-electron chi connectivity index (χ1n) is 4.58. The third kappa shape index (κ3) is 5.04. The number of hydrogen-bond donors (Lipinski definition) is 1. The summed E-state index contributed by atoms with van der Waals surface area (Å²) in [7, 11) is 0. The minimum absolute atomic E-state index is 0.410.